The average molecular weight is 417 g/mol. The Hall–Kier alpha value is -2.12. The van der Waals surface area contributed by atoms with Crippen LogP contribution >= 0.6 is 0 Å². The summed E-state index contributed by atoms with van der Waals surface area (Å²) >= 11 is 0. The number of carbonyl (C=O) groups excluding carboxylic acids is 1. The first-order chi connectivity index (χ1) is 13.7. The second-order valence-electron chi connectivity index (χ2n) is 7.29. The van der Waals surface area contributed by atoms with Crippen molar-refractivity contribution in [1.82, 2.24) is 9.80 Å². The Bertz CT molecular complexity index is 840. The number of ether oxygens (including phenoxy) is 1. The van der Waals surface area contributed by atoms with Gasteiger partial charge >= 0.3 is 6.03 Å². The number of aliphatic hydroxyl groups excluding tert-OH is 1. The number of rotatable bonds is 3. The number of β-amino-alcohol motifs (C(OH)–C–C–N with tert-alkyl or cyclic N) is 1. The molecule has 2 aliphatic heterocycles. The second-order valence-corrected chi connectivity index (χ2v) is 7.29. The van der Waals surface area contributed by atoms with Crippen molar-refractivity contribution in [2.75, 3.05) is 51.3 Å². The highest BCUT2D eigenvalue weighted by Crippen LogP contribution is 2.41. The highest BCUT2D eigenvalue weighted by Gasteiger charge is 2.33. The molecule has 1 saturated heterocycles. The first-order valence-electron chi connectivity index (χ1n) is 9.85. The van der Waals surface area contributed by atoms with Crippen molar-refractivity contribution < 1.29 is 27.0 Å². The van der Waals surface area contributed by atoms with E-state index in [1.165, 1.54) is 0 Å². The lowest BCUT2D eigenvalue weighted by molar-refractivity contribution is -0.0000114. The topological polar surface area (TPSA) is 56.2 Å². The lowest BCUT2D eigenvalue weighted by atomic mass is 10.0. The largest absolute Gasteiger partial charge is 1.00 e. The fourth-order valence-electron chi connectivity index (χ4n) is 4.17. The molecule has 0 radical (unpaired) electrons. The van der Waals surface area contributed by atoms with E-state index in [-0.39, 0.29) is 31.1 Å². The minimum absolute atomic E-state index is 0. The number of urea groups is 1. The number of hydrogen-bond acceptors (Lipinski definition) is 4. The van der Waals surface area contributed by atoms with Gasteiger partial charge in [-0.15, -0.1) is 0 Å². The number of aliphatic hydroxyl groups is 1. The van der Waals surface area contributed by atoms with Crippen LogP contribution in [0.4, 0.5) is 16.2 Å². The molecule has 1 unspecified atom stereocenters. The van der Waals surface area contributed by atoms with E-state index in [4.69, 9.17) is 9.84 Å². The van der Waals surface area contributed by atoms with Crippen LogP contribution in [0.25, 0.3) is 0 Å². The van der Waals surface area contributed by atoms with Crippen molar-refractivity contribution in [3.8, 4) is 0 Å². The number of benzene rings is 2. The van der Waals surface area contributed by atoms with E-state index in [9.17, 15) is 4.79 Å². The number of carbonyl (C=O) groups is 1. The summed E-state index contributed by atoms with van der Waals surface area (Å²) < 4.78 is 5.79. The van der Waals surface area contributed by atoms with Crippen LogP contribution < -0.4 is 17.3 Å². The molecule has 0 bridgehead atoms. The summed E-state index contributed by atoms with van der Waals surface area (Å²) in [5.41, 5.74) is 3.96. The lowest BCUT2D eigenvalue weighted by Crippen LogP contribution is -3.00. The van der Waals surface area contributed by atoms with Gasteiger partial charge < -0.3 is 27.2 Å². The van der Waals surface area contributed by atoms with Gasteiger partial charge in [0.05, 0.1) is 24.1 Å². The molecule has 29 heavy (non-hydrogen) atoms. The molecule has 1 N–H and O–H groups in total. The summed E-state index contributed by atoms with van der Waals surface area (Å²) in [6.07, 6.45) is 0.647. The van der Waals surface area contributed by atoms with Gasteiger partial charge in [-0.05, 0) is 17.7 Å². The van der Waals surface area contributed by atoms with E-state index in [0.29, 0.717) is 19.6 Å². The van der Waals surface area contributed by atoms with Crippen LogP contribution in [0.2, 0.25) is 0 Å². The van der Waals surface area contributed by atoms with Gasteiger partial charge in [-0.1, -0.05) is 36.4 Å². The second kappa shape index (κ2) is 9.59. The van der Waals surface area contributed by atoms with Gasteiger partial charge in [0, 0.05) is 51.8 Å². The number of amides is 2. The van der Waals surface area contributed by atoms with Crippen LogP contribution in [0, 0.1) is 0 Å². The molecule has 0 aromatic heterocycles. The SMILES string of the molecule is COC1Cc2ccccc2N(C(=O)N2CCN(CCO)CC2)c2ccccc21.[Cl-]. The van der Waals surface area contributed by atoms with Gasteiger partial charge in [0.1, 0.15) is 0 Å². The Morgan fingerprint density at radius 2 is 1.69 bits per heavy atom. The van der Waals surface area contributed by atoms with Crippen molar-refractivity contribution in [3.05, 3.63) is 59.7 Å². The molecule has 1 atom stereocenters. The zero-order valence-electron chi connectivity index (χ0n) is 16.6. The third kappa shape index (κ3) is 4.26. The number of piperazine rings is 1. The highest BCUT2D eigenvalue weighted by atomic mass is 35.5. The lowest BCUT2D eigenvalue weighted by Gasteiger charge is -2.37. The molecule has 156 valence electrons. The quantitative estimate of drug-likeness (QED) is 0.753. The first kappa shape index (κ1) is 21.6. The molecule has 2 aliphatic rings. The van der Waals surface area contributed by atoms with Gasteiger partial charge in [-0.25, -0.2) is 4.79 Å². The summed E-state index contributed by atoms with van der Waals surface area (Å²) in [6, 6.07) is 16.1. The van der Waals surface area contributed by atoms with E-state index in [2.05, 4.69) is 17.0 Å². The molecule has 2 heterocycles. The molecule has 0 spiro atoms. The zero-order chi connectivity index (χ0) is 19.5. The molecule has 2 aromatic rings. The fraction of sp³-hybridized carbons (Fsp3) is 0.409. The molecule has 0 aliphatic carbocycles. The highest BCUT2D eigenvalue weighted by molar-refractivity contribution is 6.01. The Morgan fingerprint density at radius 3 is 2.38 bits per heavy atom. The minimum atomic E-state index is -0.0865. The van der Waals surface area contributed by atoms with Gasteiger partial charge in [0.15, 0.2) is 0 Å². The molecule has 1 fully saturated rings. The van der Waals surface area contributed by atoms with Crippen LogP contribution in [0.3, 0.4) is 0 Å². The van der Waals surface area contributed by atoms with Gasteiger partial charge in [-0.2, -0.15) is 0 Å². The molecule has 0 saturated carbocycles. The van der Waals surface area contributed by atoms with E-state index >= 15 is 0 Å². The summed E-state index contributed by atoms with van der Waals surface area (Å²) in [4.78, 5) is 19.6. The van der Waals surface area contributed by atoms with Crippen LogP contribution in [0.5, 0.6) is 0 Å². The molecule has 7 heteroatoms. The predicted molar refractivity (Wildman–Crippen MR) is 109 cm³/mol. The van der Waals surface area contributed by atoms with Gasteiger partial charge in [-0.3, -0.25) is 9.80 Å². The van der Waals surface area contributed by atoms with Crippen LogP contribution in [0.15, 0.2) is 48.5 Å². The minimum Gasteiger partial charge on any atom is -1.00 e. The summed E-state index contributed by atoms with van der Waals surface area (Å²) in [5.74, 6) is 0. The zero-order valence-corrected chi connectivity index (χ0v) is 17.4. The van der Waals surface area contributed by atoms with E-state index < -0.39 is 0 Å². The van der Waals surface area contributed by atoms with Crippen LogP contribution in [0.1, 0.15) is 17.2 Å². The van der Waals surface area contributed by atoms with Gasteiger partial charge in [0.25, 0.3) is 0 Å². The van der Waals surface area contributed by atoms with E-state index in [0.717, 1.165) is 42.0 Å². The number of hydrogen-bond donors (Lipinski definition) is 1. The van der Waals surface area contributed by atoms with Crippen molar-refractivity contribution in [1.29, 1.82) is 0 Å². The number of fused-ring (bicyclic) bond motifs is 2. The number of para-hydroxylation sites is 2. The summed E-state index contributed by atoms with van der Waals surface area (Å²) in [7, 11) is 1.72. The smallest absolute Gasteiger partial charge is 0.329 e. The Morgan fingerprint density at radius 1 is 1.03 bits per heavy atom. The maximum absolute atomic E-state index is 13.6. The standard InChI is InChI=1S/C22H27N3O3.ClH/c1-28-21-16-17-6-2-4-8-19(17)25(20-9-5-3-7-18(20)21)22(27)24-12-10-23(11-13-24)14-15-26;/h2-9,21,26H,10-16H2,1H3;1H/p-1. The average Bonchev–Trinajstić information content (AvgIpc) is 2.88. The molecule has 2 amide bonds. The monoisotopic (exact) mass is 416 g/mol. The fourth-order valence-corrected chi connectivity index (χ4v) is 4.17. The van der Waals surface area contributed by atoms with Crippen molar-refractivity contribution in [3.63, 3.8) is 0 Å². The number of anilines is 2. The Kier molecular flexibility index (Phi) is 7.14. The van der Waals surface area contributed by atoms with Crippen LogP contribution in [-0.2, 0) is 11.2 Å². The third-order valence-corrected chi connectivity index (χ3v) is 5.70. The number of methoxy groups -OCH3 is 1. The predicted octanol–water partition coefficient (Wildman–Crippen LogP) is -0.198. The number of nitrogens with zero attached hydrogens (tertiary/aromatic N) is 3. The molecule has 4 rings (SSSR count). The normalized spacial score (nSPS) is 19.0. The van der Waals surface area contributed by atoms with Gasteiger partial charge in [0.2, 0.25) is 0 Å². The van der Waals surface area contributed by atoms with Crippen molar-refractivity contribution in [2.45, 2.75) is 12.5 Å². The Balaban J connectivity index is 0.00000240. The Labute approximate surface area is 178 Å². The maximum Gasteiger partial charge on any atom is 0.329 e. The maximum atomic E-state index is 13.6. The van der Waals surface area contributed by atoms with Crippen molar-refractivity contribution >= 4 is 17.4 Å². The summed E-state index contributed by atoms with van der Waals surface area (Å²) in [5, 5.41) is 9.15. The molecule has 6 nitrogen and oxygen atoms in total. The first-order valence-corrected chi connectivity index (χ1v) is 9.85. The summed E-state index contributed by atoms with van der Waals surface area (Å²) in [6.45, 7) is 3.70. The number of halogens is 1. The third-order valence-electron chi connectivity index (χ3n) is 5.70. The molecular formula is C22H27ClN3O3-. The molecular weight excluding hydrogens is 390 g/mol. The van der Waals surface area contributed by atoms with Crippen molar-refractivity contribution in [2.24, 2.45) is 0 Å². The van der Waals surface area contributed by atoms with E-state index in [1.54, 1.807) is 7.11 Å². The van der Waals surface area contributed by atoms with Crippen LogP contribution in [-0.4, -0.2) is 67.4 Å². The van der Waals surface area contributed by atoms with E-state index in [1.807, 2.05) is 46.2 Å². The molecule has 2 aromatic carbocycles.